The van der Waals surface area contributed by atoms with E-state index in [1.165, 1.54) is 6.92 Å². The first-order chi connectivity index (χ1) is 3.70. The number of ether oxygens (including phenoxy) is 1. The summed E-state index contributed by atoms with van der Waals surface area (Å²) in [6, 6.07) is 0. The van der Waals surface area contributed by atoms with Crippen molar-refractivity contribution in [3.63, 3.8) is 0 Å². The van der Waals surface area contributed by atoms with Gasteiger partial charge in [-0.15, -0.1) is 0 Å². The Morgan fingerprint density at radius 1 is 1.62 bits per heavy atom. The fraction of sp³-hybridized carbons (Fsp3) is 0.667. The highest BCUT2D eigenvalue weighted by atomic mass is 17.2. The first-order valence-electron chi connectivity index (χ1n) is 2.11. The molecule has 0 aromatic rings. The monoisotopic (exact) mass is 117 g/mol. The Morgan fingerprint density at radius 2 is 2.25 bits per heavy atom. The minimum absolute atomic E-state index is 0.590. The van der Waals surface area contributed by atoms with Gasteiger partial charge in [0.2, 0.25) is 0 Å². The van der Waals surface area contributed by atoms with E-state index in [2.05, 4.69) is 14.4 Å². The van der Waals surface area contributed by atoms with Crippen LogP contribution in [0, 0.1) is 0 Å². The molecule has 0 spiro atoms. The van der Waals surface area contributed by atoms with E-state index >= 15 is 0 Å². The molecular formula is C3H3NO4. The molecule has 44 valence electrons. The van der Waals surface area contributed by atoms with E-state index in [1.54, 1.807) is 0 Å². The average molecular weight is 117 g/mol. The normalized spacial score (nSPS) is 29.6. The highest BCUT2D eigenvalue weighted by Gasteiger charge is 2.59. The topological polar surface area (TPSA) is 48.0 Å². The van der Waals surface area contributed by atoms with Crippen molar-refractivity contribution in [1.29, 1.82) is 0 Å². The molecule has 3 aliphatic heterocycles. The molecule has 3 saturated heterocycles. The van der Waals surface area contributed by atoms with Gasteiger partial charge < -0.3 is 4.74 Å². The molecule has 0 saturated carbocycles. The minimum atomic E-state index is -1.11. The second-order valence-corrected chi connectivity index (χ2v) is 1.67. The number of carbonyl (C=O) groups is 1. The Hall–Kier alpha value is -0.810. The first kappa shape index (κ1) is 4.11. The highest BCUT2D eigenvalue weighted by Crippen LogP contribution is 2.36. The Balaban J connectivity index is 2.28. The van der Waals surface area contributed by atoms with Crippen molar-refractivity contribution >= 4 is 6.09 Å². The van der Waals surface area contributed by atoms with Crippen molar-refractivity contribution in [3.05, 3.63) is 0 Å². The Bertz CT molecular complexity index is 149. The van der Waals surface area contributed by atoms with Crippen LogP contribution in [0.5, 0.6) is 0 Å². The number of hydrogen-bond acceptors (Lipinski definition) is 4. The Labute approximate surface area is 44.6 Å². The maximum absolute atomic E-state index is 10.3. The molecule has 5 nitrogen and oxygen atoms in total. The summed E-state index contributed by atoms with van der Waals surface area (Å²) < 4.78 is 4.47. The minimum Gasteiger partial charge on any atom is -0.385 e. The van der Waals surface area contributed by atoms with Crippen molar-refractivity contribution in [2.24, 2.45) is 0 Å². The molecule has 0 N–H and O–H groups in total. The third-order valence-electron chi connectivity index (χ3n) is 0.919. The van der Waals surface area contributed by atoms with E-state index in [4.69, 9.17) is 0 Å². The van der Waals surface area contributed by atoms with Gasteiger partial charge in [0, 0.05) is 6.92 Å². The SMILES string of the molecule is CC12OC(=O)N(O1)O2. The smallest absolute Gasteiger partial charge is 0.385 e. The summed E-state index contributed by atoms with van der Waals surface area (Å²) in [6.45, 7) is 1.51. The molecule has 0 aromatic carbocycles. The van der Waals surface area contributed by atoms with Crippen LogP contribution in [0.3, 0.4) is 0 Å². The van der Waals surface area contributed by atoms with E-state index in [1.807, 2.05) is 0 Å². The second kappa shape index (κ2) is 0.828. The van der Waals surface area contributed by atoms with Gasteiger partial charge in [0.1, 0.15) is 0 Å². The molecule has 3 aliphatic rings. The molecular weight excluding hydrogens is 114 g/mol. The summed E-state index contributed by atoms with van der Waals surface area (Å²) in [4.78, 5) is 19.5. The lowest BCUT2D eigenvalue weighted by Gasteiger charge is -2.27. The third-order valence-corrected chi connectivity index (χ3v) is 0.919. The van der Waals surface area contributed by atoms with Crippen LogP contribution in [0.25, 0.3) is 0 Å². The van der Waals surface area contributed by atoms with Crippen LogP contribution in [0.4, 0.5) is 4.79 Å². The van der Waals surface area contributed by atoms with Gasteiger partial charge in [-0.25, -0.2) is 4.79 Å². The van der Waals surface area contributed by atoms with Crippen molar-refractivity contribution in [2.75, 3.05) is 0 Å². The number of carbonyl (C=O) groups excluding carboxylic acids is 1. The summed E-state index contributed by atoms with van der Waals surface area (Å²) >= 11 is 0. The van der Waals surface area contributed by atoms with Gasteiger partial charge >= 0.3 is 12.1 Å². The molecule has 0 aromatic heterocycles. The van der Waals surface area contributed by atoms with Gasteiger partial charge in [-0.2, -0.15) is 9.68 Å². The predicted molar refractivity (Wildman–Crippen MR) is 18.9 cm³/mol. The van der Waals surface area contributed by atoms with Crippen LogP contribution < -0.4 is 0 Å². The first-order valence-corrected chi connectivity index (χ1v) is 2.11. The fourth-order valence-corrected chi connectivity index (χ4v) is 0.616. The van der Waals surface area contributed by atoms with Gasteiger partial charge in [-0.3, -0.25) is 0 Å². The number of nitrogens with zero attached hydrogens (tertiary/aromatic N) is 1. The van der Waals surface area contributed by atoms with E-state index < -0.39 is 12.1 Å². The molecule has 0 atom stereocenters. The molecule has 3 heterocycles. The van der Waals surface area contributed by atoms with E-state index in [0.29, 0.717) is 5.23 Å². The van der Waals surface area contributed by atoms with Crippen molar-refractivity contribution < 1.29 is 19.2 Å². The number of rotatable bonds is 0. The largest absolute Gasteiger partial charge is 0.464 e. The van der Waals surface area contributed by atoms with Crippen LogP contribution in [-0.4, -0.2) is 17.3 Å². The Kier molecular flexibility index (Phi) is 0.425. The Morgan fingerprint density at radius 3 is 2.38 bits per heavy atom. The summed E-state index contributed by atoms with van der Waals surface area (Å²) in [7, 11) is 0. The number of hydroxylamine groups is 2. The standard InChI is InChI=1S/C3H3NO4/c1-3-6-2(5)4(7-3)8-3/h1H3. The summed E-state index contributed by atoms with van der Waals surface area (Å²) in [6.07, 6.45) is -0.590. The lowest BCUT2D eigenvalue weighted by atomic mass is 10.7. The quantitative estimate of drug-likeness (QED) is 0.447. The number of fused-ring (bicyclic) bond motifs is 1. The fourth-order valence-electron chi connectivity index (χ4n) is 0.616. The summed E-state index contributed by atoms with van der Waals surface area (Å²) in [5, 5.41) is 0.694. The van der Waals surface area contributed by atoms with Gasteiger partial charge in [-0.05, 0) is 5.23 Å². The zero-order valence-electron chi connectivity index (χ0n) is 4.08. The predicted octanol–water partition coefficient (Wildman–Crippen LogP) is -0.0109. The highest BCUT2D eigenvalue weighted by molar-refractivity contribution is 5.68. The number of hydrogen-bond donors (Lipinski definition) is 0. The summed E-state index contributed by atoms with van der Waals surface area (Å²) in [5.41, 5.74) is 0. The van der Waals surface area contributed by atoms with Crippen LogP contribution >= 0.6 is 0 Å². The second-order valence-electron chi connectivity index (χ2n) is 1.67. The molecule has 3 fully saturated rings. The van der Waals surface area contributed by atoms with Crippen LogP contribution in [0.2, 0.25) is 0 Å². The number of amides is 1. The van der Waals surface area contributed by atoms with Gasteiger partial charge in [0.05, 0.1) is 0 Å². The van der Waals surface area contributed by atoms with Crippen molar-refractivity contribution in [1.82, 2.24) is 5.23 Å². The maximum atomic E-state index is 10.3. The van der Waals surface area contributed by atoms with Crippen LogP contribution in [0.15, 0.2) is 0 Å². The average Bonchev–Trinajstić information content (AvgIpc) is 1.88. The van der Waals surface area contributed by atoms with Gasteiger partial charge in [0.15, 0.2) is 0 Å². The van der Waals surface area contributed by atoms with Crippen LogP contribution in [0.1, 0.15) is 6.92 Å². The van der Waals surface area contributed by atoms with Gasteiger partial charge in [0.25, 0.3) is 0 Å². The van der Waals surface area contributed by atoms with Gasteiger partial charge in [-0.1, -0.05) is 0 Å². The lowest BCUT2D eigenvalue weighted by Crippen LogP contribution is -2.45. The molecule has 2 bridgehead atoms. The molecule has 1 amide bonds. The molecule has 0 aliphatic carbocycles. The molecule has 5 heteroatoms. The molecule has 3 rings (SSSR count). The molecule has 8 heavy (non-hydrogen) atoms. The van der Waals surface area contributed by atoms with E-state index in [-0.39, 0.29) is 0 Å². The van der Waals surface area contributed by atoms with E-state index in [0.717, 1.165) is 0 Å². The summed E-state index contributed by atoms with van der Waals surface area (Å²) in [5.74, 6) is -1.11. The molecule has 0 unspecified atom stereocenters. The van der Waals surface area contributed by atoms with Crippen molar-refractivity contribution in [2.45, 2.75) is 12.9 Å². The third kappa shape index (κ3) is 0.275. The zero-order valence-corrected chi connectivity index (χ0v) is 4.08. The maximum Gasteiger partial charge on any atom is 0.464 e. The van der Waals surface area contributed by atoms with E-state index in [9.17, 15) is 4.79 Å². The lowest BCUT2D eigenvalue weighted by molar-refractivity contribution is -0.586. The molecule has 0 radical (unpaired) electrons. The van der Waals surface area contributed by atoms with Crippen molar-refractivity contribution in [3.8, 4) is 0 Å². The zero-order chi connectivity index (χ0) is 5.78. The van der Waals surface area contributed by atoms with Crippen LogP contribution in [-0.2, 0) is 14.4 Å².